The fourth-order valence-electron chi connectivity index (χ4n) is 4.50. The molecule has 3 aromatic heterocycles. The average Bonchev–Trinajstić information content (AvgIpc) is 3.01. The summed E-state index contributed by atoms with van der Waals surface area (Å²) >= 11 is 0. The first-order valence-electron chi connectivity index (χ1n) is 13.5. The topological polar surface area (TPSA) is 108 Å². The van der Waals surface area contributed by atoms with E-state index in [1.807, 2.05) is 19.0 Å². The Morgan fingerprint density at radius 2 is 1.70 bits per heavy atom. The summed E-state index contributed by atoms with van der Waals surface area (Å²) < 4.78 is 46.6. The highest BCUT2D eigenvalue weighted by atomic mass is 19.1. The smallest absolute Gasteiger partial charge is 0.262 e. The van der Waals surface area contributed by atoms with Crippen LogP contribution in [0.25, 0.3) is 22.0 Å². The molecule has 0 saturated carbocycles. The Morgan fingerprint density at radius 1 is 0.932 bits per heavy atom. The van der Waals surface area contributed by atoms with E-state index >= 15 is 0 Å². The van der Waals surface area contributed by atoms with Crippen molar-refractivity contribution in [3.05, 3.63) is 101 Å². The van der Waals surface area contributed by atoms with Crippen LogP contribution in [0.1, 0.15) is 10.4 Å². The Morgan fingerprint density at radius 3 is 2.39 bits per heavy atom. The molecular weight excluding hydrogens is 572 g/mol. The Labute approximate surface area is 251 Å². The van der Waals surface area contributed by atoms with Gasteiger partial charge in [0, 0.05) is 60.3 Å². The van der Waals surface area contributed by atoms with E-state index in [-0.39, 0.29) is 22.5 Å². The van der Waals surface area contributed by atoms with Crippen LogP contribution >= 0.6 is 0 Å². The molecule has 5 rings (SSSR count). The number of nitrogens with zero attached hydrogens (tertiary/aromatic N) is 4. The third-order valence-corrected chi connectivity index (χ3v) is 6.76. The van der Waals surface area contributed by atoms with Gasteiger partial charge in [0.2, 0.25) is 5.43 Å². The number of benzene rings is 2. The molecule has 12 heteroatoms. The molecule has 226 valence electrons. The summed E-state index contributed by atoms with van der Waals surface area (Å²) in [4.78, 5) is 37.2. The molecule has 1 amide bonds. The zero-order valence-electron chi connectivity index (χ0n) is 24.4. The molecule has 5 aromatic rings. The van der Waals surface area contributed by atoms with Gasteiger partial charge in [-0.05, 0) is 50.5 Å². The molecule has 0 aliphatic heterocycles. The van der Waals surface area contributed by atoms with E-state index < -0.39 is 23.0 Å². The first-order valence-corrected chi connectivity index (χ1v) is 13.5. The number of methoxy groups -OCH3 is 2. The summed E-state index contributed by atoms with van der Waals surface area (Å²) in [5.41, 5.74) is -0.463. The lowest BCUT2D eigenvalue weighted by molar-refractivity contribution is 0.102. The van der Waals surface area contributed by atoms with Crippen molar-refractivity contribution in [2.24, 2.45) is 0 Å². The summed E-state index contributed by atoms with van der Waals surface area (Å²) in [5, 5.41) is 3.30. The van der Waals surface area contributed by atoms with Gasteiger partial charge in [-0.15, -0.1) is 0 Å². The van der Waals surface area contributed by atoms with Gasteiger partial charge >= 0.3 is 0 Å². The molecule has 0 spiro atoms. The number of fused-ring (bicyclic) bond motifs is 1. The lowest BCUT2D eigenvalue weighted by Gasteiger charge is -2.15. The number of rotatable bonds is 10. The number of carbonyl (C=O) groups is 1. The number of hydrogen-bond donors (Lipinski definition) is 1. The van der Waals surface area contributed by atoms with Crippen LogP contribution in [0.5, 0.6) is 23.0 Å². The van der Waals surface area contributed by atoms with Crippen LogP contribution in [0.4, 0.5) is 14.6 Å². The minimum absolute atomic E-state index is 0.0653. The molecule has 0 aliphatic rings. The van der Waals surface area contributed by atoms with Gasteiger partial charge in [0.05, 0.1) is 25.9 Å². The maximum absolute atomic E-state index is 14.7. The van der Waals surface area contributed by atoms with E-state index in [0.717, 1.165) is 6.07 Å². The van der Waals surface area contributed by atoms with Crippen molar-refractivity contribution < 1.29 is 27.8 Å². The monoisotopic (exact) mass is 601 g/mol. The minimum atomic E-state index is -0.907. The Balaban J connectivity index is 1.40. The molecule has 3 heterocycles. The van der Waals surface area contributed by atoms with Gasteiger partial charge in [0.25, 0.3) is 5.91 Å². The number of pyridine rings is 3. The van der Waals surface area contributed by atoms with Crippen LogP contribution in [0, 0.1) is 11.6 Å². The van der Waals surface area contributed by atoms with Crippen molar-refractivity contribution in [1.82, 2.24) is 19.4 Å². The summed E-state index contributed by atoms with van der Waals surface area (Å²) in [6, 6.07) is 11.3. The standard InChI is InChI=1S/C32H29F2N5O5/c1-38(2)11-12-39-17-23(21-7-5-19(33)13-25(21)34)31(40)24(18-39)32(41)37-30-8-6-20(16-36-30)44-27-9-10-35-26-15-29(43-4)28(42-3)14-22(26)27/h5-10,13-18H,11-12H2,1-4H3,(H,36,37,41). The second-order valence-electron chi connectivity index (χ2n) is 10.0. The predicted octanol–water partition coefficient (Wildman–Crippen LogP) is 5.36. The van der Waals surface area contributed by atoms with Gasteiger partial charge in [-0.2, -0.15) is 0 Å². The van der Waals surface area contributed by atoms with Gasteiger partial charge in [-0.25, -0.2) is 13.8 Å². The number of likely N-dealkylation sites (N-methyl/N-ethyl adjacent to an activating group) is 1. The van der Waals surface area contributed by atoms with Crippen LogP contribution in [0.2, 0.25) is 0 Å². The van der Waals surface area contributed by atoms with Gasteiger partial charge in [0.1, 0.15) is 34.5 Å². The quantitative estimate of drug-likeness (QED) is 0.228. The molecule has 0 unspecified atom stereocenters. The number of carbonyl (C=O) groups excluding carboxylic acids is 1. The van der Waals surface area contributed by atoms with Crippen molar-refractivity contribution in [2.75, 3.05) is 40.2 Å². The minimum Gasteiger partial charge on any atom is -0.493 e. The fraction of sp³-hybridized carbons (Fsp3) is 0.188. The third kappa shape index (κ3) is 6.50. The zero-order valence-corrected chi connectivity index (χ0v) is 24.4. The number of amides is 1. The number of ether oxygens (including phenoxy) is 3. The molecular formula is C32H29F2N5O5. The number of nitrogens with one attached hydrogen (secondary N) is 1. The zero-order chi connectivity index (χ0) is 31.4. The maximum atomic E-state index is 14.7. The van der Waals surface area contributed by atoms with Crippen molar-refractivity contribution >= 4 is 22.6 Å². The molecule has 0 bridgehead atoms. The van der Waals surface area contributed by atoms with E-state index in [1.54, 1.807) is 42.1 Å². The summed E-state index contributed by atoms with van der Waals surface area (Å²) in [5.74, 6) is -0.335. The second kappa shape index (κ2) is 12.9. The SMILES string of the molecule is COc1cc2nccc(Oc3ccc(NC(=O)c4cn(CCN(C)C)cc(-c5ccc(F)cc5F)c4=O)nc3)c2cc1OC. The van der Waals surface area contributed by atoms with Gasteiger partial charge < -0.3 is 29.0 Å². The Hall–Kier alpha value is -5.36. The predicted molar refractivity (Wildman–Crippen MR) is 162 cm³/mol. The van der Waals surface area contributed by atoms with E-state index in [4.69, 9.17) is 14.2 Å². The highest BCUT2D eigenvalue weighted by molar-refractivity contribution is 6.04. The van der Waals surface area contributed by atoms with Crippen molar-refractivity contribution in [3.63, 3.8) is 0 Å². The average molecular weight is 602 g/mol. The molecule has 0 aliphatic carbocycles. The Kier molecular flexibility index (Phi) is 8.81. The highest BCUT2D eigenvalue weighted by Crippen LogP contribution is 2.36. The molecule has 1 N–H and O–H groups in total. The van der Waals surface area contributed by atoms with E-state index in [1.165, 1.54) is 37.8 Å². The van der Waals surface area contributed by atoms with Crippen LogP contribution in [0.15, 0.2) is 78.1 Å². The Bertz CT molecular complexity index is 1890. The first kappa shape index (κ1) is 30.1. The number of aromatic nitrogens is 3. The van der Waals surface area contributed by atoms with E-state index in [2.05, 4.69) is 15.3 Å². The maximum Gasteiger partial charge on any atom is 0.262 e. The van der Waals surface area contributed by atoms with Crippen molar-refractivity contribution in [3.8, 4) is 34.1 Å². The van der Waals surface area contributed by atoms with Crippen molar-refractivity contribution in [2.45, 2.75) is 6.54 Å². The molecule has 0 fully saturated rings. The third-order valence-electron chi connectivity index (χ3n) is 6.76. The molecule has 44 heavy (non-hydrogen) atoms. The number of halogens is 2. The summed E-state index contributed by atoms with van der Waals surface area (Å²) in [6.07, 6.45) is 5.88. The van der Waals surface area contributed by atoms with Gasteiger partial charge in [-0.1, -0.05) is 0 Å². The fourth-order valence-corrected chi connectivity index (χ4v) is 4.50. The number of anilines is 1. The van der Waals surface area contributed by atoms with Crippen LogP contribution in [0.3, 0.4) is 0 Å². The first-order chi connectivity index (χ1) is 21.2. The van der Waals surface area contributed by atoms with Gasteiger partial charge in [-0.3, -0.25) is 14.6 Å². The second-order valence-corrected chi connectivity index (χ2v) is 10.0. The highest BCUT2D eigenvalue weighted by Gasteiger charge is 2.19. The lowest BCUT2D eigenvalue weighted by atomic mass is 10.0. The normalized spacial score (nSPS) is 11.1. The van der Waals surface area contributed by atoms with E-state index in [9.17, 15) is 18.4 Å². The summed E-state index contributed by atoms with van der Waals surface area (Å²) in [6.45, 7) is 1.00. The lowest BCUT2D eigenvalue weighted by Crippen LogP contribution is -2.26. The molecule has 0 saturated heterocycles. The van der Waals surface area contributed by atoms with Crippen molar-refractivity contribution in [1.29, 1.82) is 0 Å². The van der Waals surface area contributed by atoms with Crippen LogP contribution in [-0.4, -0.2) is 60.2 Å². The molecule has 0 radical (unpaired) electrons. The van der Waals surface area contributed by atoms with Crippen LogP contribution < -0.4 is 25.0 Å². The largest absolute Gasteiger partial charge is 0.493 e. The molecule has 0 atom stereocenters. The van der Waals surface area contributed by atoms with E-state index in [0.29, 0.717) is 53.1 Å². The molecule has 10 nitrogen and oxygen atoms in total. The molecule has 2 aromatic carbocycles. The number of hydrogen-bond acceptors (Lipinski definition) is 8. The van der Waals surface area contributed by atoms with Gasteiger partial charge in [0.15, 0.2) is 11.5 Å². The summed E-state index contributed by atoms with van der Waals surface area (Å²) in [7, 11) is 6.83. The van der Waals surface area contributed by atoms with Crippen LogP contribution in [-0.2, 0) is 6.54 Å².